The molecule has 0 aliphatic carbocycles. The molecule has 1 N–H and O–H groups in total. The third-order valence-corrected chi connectivity index (χ3v) is 8.49. The Labute approximate surface area is 197 Å². The number of carbonyl (C=O) groups is 1. The Kier molecular flexibility index (Phi) is 7.83. The molecule has 2 saturated heterocycles. The van der Waals surface area contributed by atoms with Gasteiger partial charge in [-0.3, -0.25) is 4.79 Å². The number of hydrogen-bond donors (Lipinski definition) is 1. The molecule has 33 heavy (non-hydrogen) atoms. The van der Waals surface area contributed by atoms with Crippen LogP contribution in [0.3, 0.4) is 0 Å². The van der Waals surface area contributed by atoms with Crippen LogP contribution in [0.4, 0.5) is 5.69 Å². The maximum atomic E-state index is 13.2. The van der Waals surface area contributed by atoms with Crippen LogP contribution in [0, 0.1) is 0 Å². The minimum atomic E-state index is -3.72. The van der Waals surface area contributed by atoms with E-state index < -0.39 is 10.0 Å². The van der Waals surface area contributed by atoms with Crippen molar-refractivity contribution in [1.29, 1.82) is 0 Å². The van der Waals surface area contributed by atoms with Gasteiger partial charge in [-0.2, -0.15) is 4.31 Å². The minimum absolute atomic E-state index is 0.0536. The molecular formula is C20H28N6O5S2. The molecular weight excluding hydrogens is 468 g/mol. The number of anilines is 1. The van der Waals surface area contributed by atoms with E-state index in [2.05, 4.69) is 20.8 Å². The summed E-state index contributed by atoms with van der Waals surface area (Å²) in [5.41, 5.74) is 0.385. The largest absolute Gasteiger partial charge is 0.495 e. The molecule has 0 saturated carbocycles. The third-order valence-electron chi connectivity index (χ3n) is 5.61. The van der Waals surface area contributed by atoms with Crippen LogP contribution >= 0.6 is 11.8 Å². The number of nitrogens with one attached hydrogen (secondary N) is 1. The second-order valence-corrected chi connectivity index (χ2v) is 10.8. The Morgan fingerprint density at radius 3 is 2.82 bits per heavy atom. The highest BCUT2D eigenvalue weighted by Crippen LogP contribution is 2.31. The first kappa shape index (κ1) is 23.9. The van der Waals surface area contributed by atoms with Crippen molar-refractivity contribution in [2.75, 3.05) is 37.9 Å². The molecule has 1 amide bonds. The predicted molar refractivity (Wildman–Crippen MR) is 122 cm³/mol. The van der Waals surface area contributed by atoms with E-state index in [-0.39, 0.29) is 28.4 Å². The molecule has 1 atom stereocenters. The molecule has 4 rings (SSSR count). The topological polar surface area (TPSA) is 129 Å². The van der Waals surface area contributed by atoms with E-state index in [0.717, 1.165) is 38.7 Å². The number of carbonyl (C=O) groups excluding carboxylic acids is 1. The molecule has 3 heterocycles. The minimum Gasteiger partial charge on any atom is -0.495 e. The van der Waals surface area contributed by atoms with E-state index in [4.69, 9.17) is 9.47 Å². The second-order valence-electron chi connectivity index (χ2n) is 7.95. The van der Waals surface area contributed by atoms with E-state index in [1.54, 1.807) is 16.8 Å². The maximum Gasteiger partial charge on any atom is 0.246 e. The van der Waals surface area contributed by atoms with Gasteiger partial charge in [-0.25, -0.2) is 13.1 Å². The van der Waals surface area contributed by atoms with Gasteiger partial charge in [-0.15, -0.1) is 5.10 Å². The Hall–Kier alpha value is -2.22. The van der Waals surface area contributed by atoms with Crippen molar-refractivity contribution in [3.8, 4) is 5.75 Å². The summed E-state index contributed by atoms with van der Waals surface area (Å²) in [5.74, 6) is 0.0333. The number of sulfonamides is 1. The molecule has 180 valence electrons. The smallest absolute Gasteiger partial charge is 0.246 e. The summed E-state index contributed by atoms with van der Waals surface area (Å²) in [6, 6.07) is 4.63. The summed E-state index contributed by atoms with van der Waals surface area (Å²) in [6.45, 7) is 2.26. The molecule has 1 unspecified atom stereocenters. The number of ether oxygens (including phenoxy) is 2. The van der Waals surface area contributed by atoms with Gasteiger partial charge >= 0.3 is 0 Å². The number of aromatic nitrogens is 4. The van der Waals surface area contributed by atoms with Gasteiger partial charge in [0.1, 0.15) is 10.6 Å². The van der Waals surface area contributed by atoms with Gasteiger partial charge in [0.05, 0.1) is 25.5 Å². The molecule has 0 bridgehead atoms. The van der Waals surface area contributed by atoms with Crippen LogP contribution in [-0.2, 0) is 26.1 Å². The van der Waals surface area contributed by atoms with Gasteiger partial charge in [0.2, 0.25) is 21.1 Å². The van der Waals surface area contributed by atoms with Crippen LogP contribution in [0.1, 0.15) is 32.1 Å². The molecule has 1 aromatic heterocycles. The molecule has 1 aromatic carbocycles. The molecule has 2 fully saturated rings. The molecule has 2 aliphatic rings. The third kappa shape index (κ3) is 5.83. The van der Waals surface area contributed by atoms with Gasteiger partial charge < -0.3 is 14.8 Å². The van der Waals surface area contributed by atoms with E-state index in [1.807, 2.05) is 0 Å². The monoisotopic (exact) mass is 496 g/mol. The first-order valence-corrected chi connectivity index (χ1v) is 13.4. The van der Waals surface area contributed by atoms with Gasteiger partial charge in [-0.1, -0.05) is 18.2 Å². The van der Waals surface area contributed by atoms with Crippen LogP contribution < -0.4 is 10.1 Å². The van der Waals surface area contributed by atoms with E-state index in [0.29, 0.717) is 30.5 Å². The van der Waals surface area contributed by atoms with Crippen LogP contribution in [0.2, 0.25) is 0 Å². The molecule has 2 aliphatic heterocycles. The summed E-state index contributed by atoms with van der Waals surface area (Å²) in [6.07, 6.45) is 4.76. The standard InChI is InChI=1S/C20H28N6O5S2/c1-30-17-8-7-15(12-18(17)33(28,29)25-9-3-2-4-10-25)21-19(27)14-32-20-22-23-24-26(20)13-16-6-5-11-31-16/h7-8,12,16H,2-6,9-11,13-14H2,1H3,(H,21,27). The molecule has 2 aromatic rings. The number of benzene rings is 1. The number of hydrogen-bond acceptors (Lipinski definition) is 9. The highest BCUT2D eigenvalue weighted by atomic mass is 32.2. The average molecular weight is 497 g/mol. The summed E-state index contributed by atoms with van der Waals surface area (Å²) < 4.78 is 40.3. The fraction of sp³-hybridized carbons (Fsp3) is 0.600. The number of thioether (sulfide) groups is 1. The Morgan fingerprint density at radius 1 is 1.27 bits per heavy atom. The van der Waals surface area contributed by atoms with E-state index in [1.165, 1.54) is 29.2 Å². The summed E-state index contributed by atoms with van der Waals surface area (Å²) >= 11 is 1.21. The van der Waals surface area contributed by atoms with E-state index >= 15 is 0 Å². The normalized spacial score (nSPS) is 19.5. The number of methoxy groups -OCH3 is 1. The van der Waals surface area contributed by atoms with E-state index in [9.17, 15) is 13.2 Å². The zero-order valence-corrected chi connectivity index (χ0v) is 20.1. The van der Waals surface area contributed by atoms with Crippen LogP contribution in [-0.4, -0.2) is 77.5 Å². The fourth-order valence-corrected chi connectivity index (χ4v) is 6.31. The summed E-state index contributed by atoms with van der Waals surface area (Å²) in [5, 5.41) is 15.0. The van der Waals surface area contributed by atoms with Crippen molar-refractivity contribution < 1.29 is 22.7 Å². The van der Waals surface area contributed by atoms with Crippen molar-refractivity contribution in [2.24, 2.45) is 0 Å². The molecule has 0 radical (unpaired) electrons. The van der Waals surface area contributed by atoms with Crippen LogP contribution in [0.5, 0.6) is 5.75 Å². The maximum absolute atomic E-state index is 13.2. The number of amides is 1. The Morgan fingerprint density at radius 2 is 2.09 bits per heavy atom. The van der Waals surface area contributed by atoms with Crippen LogP contribution in [0.25, 0.3) is 0 Å². The summed E-state index contributed by atoms with van der Waals surface area (Å²) in [7, 11) is -2.29. The predicted octanol–water partition coefficient (Wildman–Crippen LogP) is 1.77. The lowest BCUT2D eigenvalue weighted by atomic mass is 10.2. The Balaban J connectivity index is 1.40. The number of tetrazole rings is 1. The van der Waals surface area contributed by atoms with Gasteiger partial charge in [0.25, 0.3) is 0 Å². The van der Waals surface area contributed by atoms with Crippen molar-refractivity contribution in [2.45, 2.75) is 54.8 Å². The van der Waals surface area contributed by atoms with Gasteiger partial charge in [0.15, 0.2) is 0 Å². The lowest BCUT2D eigenvalue weighted by Gasteiger charge is -2.26. The number of rotatable bonds is 9. The van der Waals surface area contributed by atoms with Gasteiger partial charge in [0, 0.05) is 25.4 Å². The SMILES string of the molecule is COc1ccc(NC(=O)CSc2nnnn2CC2CCCO2)cc1S(=O)(=O)N1CCCCC1. The van der Waals surface area contributed by atoms with Gasteiger partial charge in [-0.05, 0) is 54.3 Å². The molecule has 13 heteroatoms. The van der Waals surface area contributed by atoms with Crippen molar-refractivity contribution in [1.82, 2.24) is 24.5 Å². The highest BCUT2D eigenvalue weighted by molar-refractivity contribution is 7.99. The van der Waals surface area contributed by atoms with Crippen LogP contribution in [0.15, 0.2) is 28.3 Å². The fourth-order valence-electron chi connectivity index (χ4n) is 3.92. The first-order valence-electron chi connectivity index (χ1n) is 11.0. The van der Waals surface area contributed by atoms with Crippen molar-refractivity contribution in [3.63, 3.8) is 0 Å². The zero-order chi connectivity index (χ0) is 23.3. The molecule has 11 nitrogen and oxygen atoms in total. The lowest BCUT2D eigenvalue weighted by Crippen LogP contribution is -2.35. The Bertz CT molecular complexity index is 1060. The number of nitrogens with zero attached hydrogens (tertiary/aromatic N) is 5. The highest BCUT2D eigenvalue weighted by Gasteiger charge is 2.29. The number of piperidine rings is 1. The summed E-state index contributed by atoms with van der Waals surface area (Å²) in [4.78, 5) is 12.6. The quantitative estimate of drug-likeness (QED) is 0.516. The lowest BCUT2D eigenvalue weighted by molar-refractivity contribution is -0.113. The first-order chi connectivity index (χ1) is 16.0. The van der Waals surface area contributed by atoms with Crippen molar-refractivity contribution >= 4 is 33.4 Å². The second kappa shape index (κ2) is 10.8. The molecule has 0 spiro atoms. The average Bonchev–Trinajstić information content (AvgIpc) is 3.51. The van der Waals surface area contributed by atoms with Crippen molar-refractivity contribution in [3.05, 3.63) is 18.2 Å². The zero-order valence-electron chi connectivity index (χ0n) is 18.5.